The molecule has 1 unspecified atom stereocenters. The topological polar surface area (TPSA) is 115 Å². The molecule has 0 saturated carbocycles. The van der Waals surface area contributed by atoms with Gasteiger partial charge in [-0.05, 0) is 44.0 Å². The van der Waals surface area contributed by atoms with Crippen molar-refractivity contribution in [1.29, 1.82) is 0 Å². The third-order valence-corrected chi connectivity index (χ3v) is 5.09. The number of aromatic nitrogens is 5. The Kier molecular flexibility index (Phi) is 6.16. The highest BCUT2D eigenvalue weighted by Crippen LogP contribution is 2.24. The van der Waals surface area contributed by atoms with Gasteiger partial charge >= 0.3 is 5.97 Å². The Morgan fingerprint density at radius 1 is 1.16 bits per heavy atom. The Morgan fingerprint density at radius 2 is 1.97 bits per heavy atom. The zero-order valence-corrected chi connectivity index (χ0v) is 17.1. The summed E-state index contributed by atoms with van der Waals surface area (Å²) < 4.78 is 6.62. The lowest BCUT2D eigenvalue weighted by Crippen LogP contribution is -2.41. The van der Waals surface area contributed by atoms with Gasteiger partial charge in [0.15, 0.2) is 11.6 Å². The molecule has 1 atom stereocenters. The summed E-state index contributed by atoms with van der Waals surface area (Å²) in [5, 5.41) is 15.4. The molecule has 160 valence electrons. The fraction of sp³-hybridized carbons (Fsp3) is 0.333. The first kappa shape index (κ1) is 20.5. The number of carbonyl (C=O) groups is 2. The maximum atomic E-state index is 12.9. The van der Waals surface area contributed by atoms with Gasteiger partial charge in [0, 0.05) is 13.1 Å². The van der Waals surface area contributed by atoms with E-state index in [1.165, 1.54) is 11.0 Å². The van der Waals surface area contributed by atoms with Crippen LogP contribution in [-0.2, 0) is 9.53 Å². The van der Waals surface area contributed by atoms with Crippen LogP contribution in [0.25, 0.3) is 5.82 Å². The molecule has 0 spiro atoms. The summed E-state index contributed by atoms with van der Waals surface area (Å²) in [6.07, 6.45) is 4.60. The van der Waals surface area contributed by atoms with Crippen molar-refractivity contribution in [2.75, 3.05) is 29.9 Å². The predicted molar refractivity (Wildman–Crippen MR) is 113 cm³/mol. The van der Waals surface area contributed by atoms with Crippen molar-refractivity contribution in [2.45, 2.75) is 19.8 Å². The smallest absolute Gasteiger partial charge is 0.340 e. The summed E-state index contributed by atoms with van der Waals surface area (Å²) in [4.78, 5) is 31.1. The first-order valence-corrected chi connectivity index (χ1v) is 10.2. The number of ether oxygens (including phenoxy) is 1. The SMILES string of the molecule is CCOC(=O)c1ccccc1NC(=O)C1CCCN(c2ccc(-n3cncn3)nn2)C1. The van der Waals surface area contributed by atoms with Crippen molar-refractivity contribution in [3.63, 3.8) is 0 Å². The molecule has 1 aliphatic heterocycles. The lowest BCUT2D eigenvalue weighted by atomic mass is 9.97. The highest BCUT2D eigenvalue weighted by atomic mass is 16.5. The van der Waals surface area contributed by atoms with E-state index in [1.54, 1.807) is 37.5 Å². The van der Waals surface area contributed by atoms with E-state index in [-0.39, 0.29) is 18.4 Å². The fourth-order valence-corrected chi connectivity index (χ4v) is 3.55. The molecule has 10 heteroatoms. The van der Waals surface area contributed by atoms with E-state index in [4.69, 9.17) is 4.74 Å². The molecular weight excluding hydrogens is 398 g/mol. The zero-order valence-electron chi connectivity index (χ0n) is 17.1. The molecule has 10 nitrogen and oxygen atoms in total. The van der Waals surface area contributed by atoms with Crippen LogP contribution in [0.3, 0.4) is 0 Å². The molecule has 31 heavy (non-hydrogen) atoms. The third kappa shape index (κ3) is 4.68. The predicted octanol–water partition coefficient (Wildman–Crippen LogP) is 2.09. The molecule has 0 bridgehead atoms. The van der Waals surface area contributed by atoms with E-state index in [0.29, 0.717) is 29.4 Å². The van der Waals surface area contributed by atoms with Crippen molar-refractivity contribution in [2.24, 2.45) is 5.92 Å². The number of rotatable bonds is 6. The van der Waals surface area contributed by atoms with E-state index in [0.717, 1.165) is 19.4 Å². The maximum Gasteiger partial charge on any atom is 0.340 e. The van der Waals surface area contributed by atoms with Crippen molar-refractivity contribution in [3.8, 4) is 5.82 Å². The minimum Gasteiger partial charge on any atom is -0.462 e. The van der Waals surface area contributed by atoms with Gasteiger partial charge in [0.25, 0.3) is 0 Å². The number of esters is 1. The van der Waals surface area contributed by atoms with Crippen LogP contribution in [-0.4, -0.2) is 56.5 Å². The lowest BCUT2D eigenvalue weighted by molar-refractivity contribution is -0.120. The van der Waals surface area contributed by atoms with E-state index >= 15 is 0 Å². The van der Waals surface area contributed by atoms with Gasteiger partial charge in [-0.15, -0.1) is 10.2 Å². The Balaban J connectivity index is 1.43. The normalized spacial score (nSPS) is 16.0. The summed E-state index contributed by atoms with van der Waals surface area (Å²) in [5.41, 5.74) is 0.806. The molecule has 0 radical (unpaired) electrons. The molecule has 4 rings (SSSR count). The van der Waals surface area contributed by atoms with Crippen LogP contribution in [0.5, 0.6) is 0 Å². The van der Waals surface area contributed by atoms with Crippen molar-refractivity contribution in [1.82, 2.24) is 25.0 Å². The van der Waals surface area contributed by atoms with Crippen LogP contribution in [0.1, 0.15) is 30.1 Å². The van der Waals surface area contributed by atoms with Gasteiger partial charge < -0.3 is 15.0 Å². The molecule has 3 aromatic rings. The monoisotopic (exact) mass is 421 g/mol. The van der Waals surface area contributed by atoms with Gasteiger partial charge in [0.05, 0.1) is 23.8 Å². The number of anilines is 2. The second-order valence-electron chi connectivity index (χ2n) is 7.13. The quantitative estimate of drug-likeness (QED) is 0.602. The van der Waals surface area contributed by atoms with E-state index in [1.807, 2.05) is 17.0 Å². The molecule has 1 N–H and O–H groups in total. The van der Waals surface area contributed by atoms with Gasteiger partial charge in [-0.2, -0.15) is 5.10 Å². The molecular formula is C21H23N7O3. The molecule has 2 aromatic heterocycles. The molecule has 1 fully saturated rings. The Morgan fingerprint density at radius 3 is 2.71 bits per heavy atom. The van der Waals surface area contributed by atoms with Gasteiger partial charge in [-0.25, -0.2) is 14.5 Å². The largest absolute Gasteiger partial charge is 0.462 e. The van der Waals surface area contributed by atoms with Crippen molar-refractivity contribution >= 4 is 23.4 Å². The standard InChI is InChI=1S/C21H23N7O3/c1-2-31-21(30)16-7-3-4-8-17(16)24-20(29)15-6-5-11-27(12-15)18-9-10-19(26-25-18)28-14-22-13-23-28/h3-4,7-10,13-15H,2,5-6,11-12H2,1H3,(H,24,29). The minimum atomic E-state index is -0.452. The number of nitrogens with zero attached hydrogens (tertiary/aromatic N) is 6. The number of benzene rings is 1. The molecule has 1 aliphatic rings. The van der Waals surface area contributed by atoms with Crippen LogP contribution in [0.2, 0.25) is 0 Å². The van der Waals surface area contributed by atoms with Gasteiger partial charge in [0.2, 0.25) is 5.91 Å². The lowest BCUT2D eigenvalue weighted by Gasteiger charge is -2.32. The van der Waals surface area contributed by atoms with E-state index in [9.17, 15) is 9.59 Å². The van der Waals surface area contributed by atoms with Crippen molar-refractivity contribution in [3.05, 3.63) is 54.6 Å². The highest BCUT2D eigenvalue weighted by Gasteiger charge is 2.27. The van der Waals surface area contributed by atoms with Gasteiger partial charge in [-0.3, -0.25) is 4.79 Å². The molecule has 0 aliphatic carbocycles. The number of hydrogen-bond acceptors (Lipinski definition) is 8. The third-order valence-electron chi connectivity index (χ3n) is 5.09. The van der Waals surface area contributed by atoms with Crippen molar-refractivity contribution < 1.29 is 14.3 Å². The number of nitrogens with one attached hydrogen (secondary N) is 1. The second kappa shape index (κ2) is 9.33. The zero-order chi connectivity index (χ0) is 21.6. The number of hydrogen-bond donors (Lipinski definition) is 1. The molecule has 1 aromatic carbocycles. The first-order valence-electron chi connectivity index (χ1n) is 10.2. The van der Waals surface area contributed by atoms with Crippen LogP contribution in [0, 0.1) is 5.92 Å². The molecule has 3 heterocycles. The number of para-hydroxylation sites is 1. The van der Waals surface area contributed by atoms with E-state index < -0.39 is 5.97 Å². The Bertz CT molecular complexity index is 1040. The molecule has 1 amide bonds. The average molecular weight is 421 g/mol. The first-order chi connectivity index (χ1) is 15.2. The Hall–Kier alpha value is -3.82. The number of amides is 1. The van der Waals surface area contributed by atoms with Crippen LogP contribution in [0.15, 0.2) is 49.1 Å². The van der Waals surface area contributed by atoms with Crippen LogP contribution >= 0.6 is 0 Å². The summed E-state index contributed by atoms with van der Waals surface area (Å²) in [7, 11) is 0. The average Bonchev–Trinajstić information content (AvgIpc) is 3.35. The maximum absolute atomic E-state index is 12.9. The fourth-order valence-electron chi connectivity index (χ4n) is 3.55. The summed E-state index contributed by atoms with van der Waals surface area (Å²) in [6, 6.07) is 10.5. The number of piperidine rings is 1. The van der Waals surface area contributed by atoms with Crippen LogP contribution < -0.4 is 10.2 Å². The highest BCUT2D eigenvalue weighted by molar-refractivity contribution is 6.02. The van der Waals surface area contributed by atoms with Crippen LogP contribution in [0.4, 0.5) is 11.5 Å². The van der Waals surface area contributed by atoms with E-state index in [2.05, 4.69) is 25.6 Å². The summed E-state index contributed by atoms with van der Waals surface area (Å²) >= 11 is 0. The summed E-state index contributed by atoms with van der Waals surface area (Å²) in [6.45, 7) is 3.33. The van der Waals surface area contributed by atoms with Gasteiger partial charge in [-0.1, -0.05) is 12.1 Å². The van der Waals surface area contributed by atoms with Gasteiger partial charge in [0.1, 0.15) is 12.7 Å². The Labute approximate surface area is 179 Å². The minimum absolute atomic E-state index is 0.131. The summed E-state index contributed by atoms with van der Waals surface area (Å²) in [5.74, 6) is 0.456. The second-order valence-corrected chi connectivity index (χ2v) is 7.13. The number of carbonyl (C=O) groups excluding carboxylic acids is 2. The molecule has 1 saturated heterocycles.